The third-order valence-electron chi connectivity index (χ3n) is 3.90. The number of rotatable bonds is 5. The molecule has 1 N–H and O–H groups in total. The summed E-state index contributed by atoms with van der Waals surface area (Å²) in [5.74, 6) is 0.946. The van der Waals surface area contributed by atoms with Crippen molar-refractivity contribution in [2.45, 2.75) is 0 Å². The number of tetrazole rings is 1. The number of nitrogens with one attached hydrogen (secondary N) is 1. The Kier molecular flexibility index (Phi) is 4.99. The minimum Gasteiger partial charge on any atom is -0.456 e. The Morgan fingerprint density at radius 3 is 2.57 bits per heavy atom. The van der Waals surface area contributed by atoms with E-state index in [0.29, 0.717) is 33.5 Å². The maximum Gasteiger partial charge on any atom is 0.255 e. The summed E-state index contributed by atoms with van der Waals surface area (Å²) in [6.07, 6.45) is 1.47. The average molecular weight is 392 g/mol. The summed E-state index contributed by atoms with van der Waals surface area (Å²) in [5, 5.41) is 14.4. The number of hydrogen-bond donors (Lipinski definition) is 1. The molecule has 0 aliphatic heterocycles. The van der Waals surface area contributed by atoms with Crippen molar-refractivity contribution in [2.75, 3.05) is 5.32 Å². The van der Waals surface area contributed by atoms with E-state index in [4.69, 9.17) is 16.3 Å². The van der Waals surface area contributed by atoms with Crippen molar-refractivity contribution >= 4 is 23.2 Å². The van der Waals surface area contributed by atoms with Gasteiger partial charge in [-0.1, -0.05) is 29.8 Å². The summed E-state index contributed by atoms with van der Waals surface area (Å²) in [4.78, 5) is 12.5. The Hall–Kier alpha value is -3.71. The largest absolute Gasteiger partial charge is 0.456 e. The summed E-state index contributed by atoms with van der Waals surface area (Å²) >= 11 is 6.10. The van der Waals surface area contributed by atoms with Gasteiger partial charge < -0.3 is 10.1 Å². The fourth-order valence-corrected chi connectivity index (χ4v) is 2.71. The molecule has 28 heavy (non-hydrogen) atoms. The van der Waals surface area contributed by atoms with E-state index in [2.05, 4.69) is 20.8 Å². The number of halogens is 1. The molecule has 0 bridgehead atoms. The van der Waals surface area contributed by atoms with E-state index in [0.717, 1.165) is 0 Å². The molecule has 0 fully saturated rings. The summed E-state index contributed by atoms with van der Waals surface area (Å²) in [6, 6.07) is 21.3. The lowest BCUT2D eigenvalue weighted by Gasteiger charge is -2.09. The summed E-state index contributed by atoms with van der Waals surface area (Å²) < 4.78 is 7.23. The highest BCUT2D eigenvalue weighted by molar-refractivity contribution is 6.32. The third-order valence-corrected chi connectivity index (χ3v) is 4.21. The number of benzene rings is 3. The molecule has 1 amide bonds. The maximum atomic E-state index is 12.5. The lowest BCUT2D eigenvalue weighted by atomic mass is 10.2. The lowest BCUT2D eigenvalue weighted by Crippen LogP contribution is -2.12. The van der Waals surface area contributed by atoms with Gasteiger partial charge in [-0.2, -0.15) is 0 Å². The van der Waals surface area contributed by atoms with Crippen molar-refractivity contribution in [1.29, 1.82) is 0 Å². The molecule has 0 saturated carbocycles. The fraction of sp³-hybridized carbons (Fsp3) is 0. The van der Waals surface area contributed by atoms with Gasteiger partial charge in [0.05, 0.1) is 10.7 Å². The predicted molar refractivity (Wildman–Crippen MR) is 105 cm³/mol. The highest BCUT2D eigenvalue weighted by Gasteiger charge is 2.09. The molecule has 0 atom stereocenters. The van der Waals surface area contributed by atoms with Gasteiger partial charge in [-0.05, 0) is 65.0 Å². The molecule has 0 unspecified atom stereocenters. The Morgan fingerprint density at radius 2 is 1.82 bits per heavy atom. The summed E-state index contributed by atoms with van der Waals surface area (Å²) in [6.45, 7) is 0. The second-order valence-electron chi connectivity index (χ2n) is 5.82. The number of aromatic nitrogens is 4. The topological polar surface area (TPSA) is 81.9 Å². The first kappa shape index (κ1) is 17.7. The molecule has 7 nitrogen and oxygen atoms in total. The zero-order valence-electron chi connectivity index (χ0n) is 14.5. The van der Waals surface area contributed by atoms with Crippen LogP contribution in [0.15, 0.2) is 79.1 Å². The second-order valence-corrected chi connectivity index (χ2v) is 6.22. The highest BCUT2D eigenvalue weighted by atomic mass is 35.5. The van der Waals surface area contributed by atoms with Crippen LogP contribution in [0.25, 0.3) is 5.69 Å². The summed E-state index contributed by atoms with van der Waals surface area (Å²) in [5.41, 5.74) is 1.83. The minimum absolute atomic E-state index is 0.241. The van der Waals surface area contributed by atoms with Crippen LogP contribution in [0.3, 0.4) is 0 Å². The lowest BCUT2D eigenvalue weighted by molar-refractivity contribution is 0.102. The number of ether oxygens (including phenoxy) is 1. The van der Waals surface area contributed by atoms with Crippen LogP contribution in [0.1, 0.15) is 10.4 Å². The first-order valence-electron chi connectivity index (χ1n) is 8.36. The van der Waals surface area contributed by atoms with Crippen LogP contribution in [-0.2, 0) is 0 Å². The molecule has 0 aliphatic rings. The van der Waals surface area contributed by atoms with Gasteiger partial charge in [0.1, 0.15) is 17.8 Å². The summed E-state index contributed by atoms with van der Waals surface area (Å²) in [7, 11) is 0. The number of amides is 1. The Balaban J connectivity index is 1.45. The van der Waals surface area contributed by atoms with Crippen LogP contribution in [0, 0.1) is 0 Å². The van der Waals surface area contributed by atoms with Crippen molar-refractivity contribution in [3.63, 3.8) is 0 Å². The van der Waals surface area contributed by atoms with Crippen molar-refractivity contribution in [3.8, 4) is 17.2 Å². The second kappa shape index (κ2) is 7.89. The molecule has 138 valence electrons. The van der Waals surface area contributed by atoms with Crippen molar-refractivity contribution < 1.29 is 9.53 Å². The van der Waals surface area contributed by atoms with Crippen molar-refractivity contribution in [1.82, 2.24) is 20.2 Å². The van der Waals surface area contributed by atoms with Crippen molar-refractivity contribution in [2.24, 2.45) is 0 Å². The Bertz CT molecular complexity index is 1100. The minimum atomic E-state index is -0.241. The van der Waals surface area contributed by atoms with E-state index in [9.17, 15) is 4.79 Å². The van der Waals surface area contributed by atoms with Crippen LogP contribution in [0.4, 0.5) is 5.69 Å². The van der Waals surface area contributed by atoms with Gasteiger partial charge in [0, 0.05) is 11.3 Å². The average Bonchev–Trinajstić information content (AvgIpc) is 3.26. The molecule has 8 heteroatoms. The van der Waals surface area contributed by atoms with Gasteiger partial charge in [-0.25, -0.2) is 4.68 Å². The van der Waals surface area contributed by atoms with E-state index >= 15 is 0 Å². The van der Waals surface area contributed by atoms with Crippen LogP contribution in [0.2, 0.25) is 5.02 Å². The number of carbonyl (C=O) groups is 1. The van der Waals surface area contributed by atoms with E-state index in [1.165, 1.54) is 11.0 Å². The van der Waals surface area contributed by atoms with Crippen LogP contribution in [-0.4, -0.2) is 26.1 Å². The van der Waals surface area contributed by atoms with Crippen LogP contribution >= 0.6 is 11.6 Å². The van der Waals surface area contributed by atoms with Gasteiger partial charge in [-0.15, -0.1) is 5.10 Å². The molecule has 0 spiro atoms. The van der Waals surface area contributed by atoms with Gasteiger partial charge in [-0.3, -0.25) is 4.79 Å². The van der Waals surface area contributed by atoms with Crippen LogP contribution < -0.4 is 10.1 Å². The van der Waals surface area contributed by atoms with Gasteiger partial charge in [0.2, 0.25) is 0 Å². The fourth-order valence-electron chi connectivity index (χ4n) is 2.53. The number of anilines is 1. The maximum absolute atomic E-state index is 12.5. The first-order valence-corrected chi connectivity index (χ1v) is 8.74. The predicted octanol–water partition coefficient (Wildman–Crippen LogP) is 4.36. The monoisotopic (exact) mass is 391 g/mol. The standard InChI is InChI=1S/C20H14ClN5O2/c21-18-6-1-2-7-19(18)28-17-10-8-15(9-11-17)23-20(27)14-4-3-5-16(12-14)26-13-22-24-25-26/h1-13H,(H,23,27). The molecular formula is C20H14ClN5O2. The quantitative estimate of drug-likeness (QED) is 0.546. The highest BCUT2D eigenvalue weighted by Crippen LogP contribution is 2.29. The van der Waals surface area contributed by atoms with Crippen molar-refractivity contribution in [3.05, 3.63) is 89.7 Å². The number of hydrogen-bond acceptors (Lipinski definition) is 5. The van der Waals surface area contributed by atoms with Gasteiger partial charge in [0.15, 0.2) is 0 Å². The molecule has 3 aromatic carbocycles. The smallest absolute Gasteiger partial charge is 0.255 e. The van der Waals surface area contributed by atoms with E-state index < -0.39 is 0 Å². The third kappa shape index (κ3) is 3.99. The molecular weight excluding hydrogens is 378 g/mol. The normalized spacial score (nSPS) is 10.5. The molecule has 4 aromatic rings. The van der Waals surface area contributed by atoms with Gasteiger partial charge in [0.25, 0.3) is 5.91 Å². The van der Waals surface area contributed by atoms with Crippen LogP contribution in [0.5, 0.6) is 11.5 Å². The SMILES string of the molecule is O=C(Nc1ccc(Oc2ccccc2Cl)cc1)c1cccc(-n2cnnn2)c1. The van der Waals surface area contributed by atoms with E-state index in [-0.39, 0.29) is 5.91 Å². The van der Waals surface area contributed by atoms with E-state index in [1.807, 2.05) is 18.2 Å². The molecule has 1 aromatic heterocycles. The zero-order valence-corrected chi connectivity index (χ0v) is 15.2. The Morgan fingerprint density at radius 1 is 1.00 bits per heavy atom. The Labute approximate surface area is 165 Å². The number of carbonyl (C=O) groups excluding carboxylic acids is 1. The zero-order chi connectivity index (χ0) is 19.3. The molecule has 1 heterocycles. The molecule has 0 radical (unpaired) electrons. The molecule has 0 aliphatic carbocycles. The molecule has 0 saturated heterocycles. The molecule has 4 rings (SSSR count). The first-order chi connectivity index (χ1) is 13.7. The van der Waals surface area contributed by atoms with Gasteiger partial charge >= 0.3 is 0 Å². The number of para-hydroxylation sites is 1. The van der Waals surface area contributed by atoms with E-state index in [1.54, 1.807) is 54.6 Å². The number of nitrogens with zero attached hydrogens (tertiary/aromatic N) is 4.